The fraction of sp³-hybridized carbons (Fsp3) is 0.571. The van der Waals surface area contributed by atoms with Crippen molar-refractivity contribution in [3.63, 3.8) is 0 Å². The molecule has 3 unspecified atom stereocenters. The van der Waals surface area contributed by atoms with E-state index in [0.29, 0.717) is 0 Å². The Hall–Kier alpha value is -0.670. The van der Waals surface area contributed by atoms with Crippen LogP contribution in [0.1, 0.15) is 31.7 Å². The molecule has 2 N–H and O–H groups in total. The smallest absolute Gasteiger partial charge is 0.271 e. The number of hydrogen-bond donors (Lipinski definition) is 2. The lowest BCUT2D eigenvalue weighted by atomic mass is 10.1. The zero-order valence-electron chi connectivity index (χ0n) is 11.3. The van der Waals surface area contributed by atoms with Crippen LogP contribution in [0.5, 0.6) is 0 Å². The van der Waals surface area contributed by atoms with Crippen LogP contribution in [0.2, 0.25) is 0 Å². The van der Waals surface area contributed by atoms with E-state index in [1.807, 2.05) is 37.3 Å². The zero-order valence-corrected chi connectivity index (χ0v) is 12.2. The van der Waals surface area contributed by atoms with Gasteiger partial charge in [0.25, 0.3) is 7.52 Å². The molecule has 3 atom stereocenters. The number of rotatable bonds is 6. The van der Waals surface area contributed by atoms with E-state index in [2.05, 4.69) is 5.09 Å². The van der Waals surface area contributed by atoms with Crippen LogP contribution in [0.15, 0.2) is 30.3 Å². The lowest BCUT2D eigenvalue weighted by molar-refractivity contribution is 0.0829. The highest BCUT2D eigenvalue weighted by Crippen LogP contribution is 2.41. The zero-order chi connectivity index (χ0) is 13.7. The van der Waals surface area contributed by atoms with E-state index >= 15 is 0 Å². The number of nitrogens with one attached hydrogen (secondary N) is 1. The van der Waals surface area contributed by atoms with Gasteiger partial charge in [0.05, 0.1) is 12.3 Å². The third-order valence-corrected chi connectivity index (χ3v) is 4.99. The molecule has 0 saturated carbocycles. The highest BCUT2D eigenvalue weighted by molar-refractivity contribution is 7.55. The van der Waals surface area contributed by atoms with Crippen molar-refractivity contribution in [2.45, 2.75) is 44.5 Å². The summed E-state index contributed by atoms with van der Waals surface area (Å²) in [5.74, 6) is 0. The molecule has 0 aromatic heterocycles. The molecule has 1 aliphatic rings. The summed E-state index contributed by atoms with van der Waals surface area (Å²) in [4.78, 5) is 10.1. The Morgan fingerprint density at radius 1 is 1.47 bits per heavy atom. The van der Waals surface area contributed by atoms with Gasteiger partial charge in [-0.15, -0.1) is 0 Å². The first-order valence-corrected chi connectivity index (χ1v) is 8.70. The van der Waals surface area contributed by atoms with Crippen molar-refractivity contribution in [3.8, 4) is 0 Å². The maximum absolute atomic E-state index is 12.3. The molecule has 1 saturated heterocycles. The third-order valence-electron chi connectivity index (χ3n) is 3.46. The Morgan fingerprint density at radius 2 is 2.21 bits per heavy atom. The Kier molecular flexibility index (Phi) is 5.17. The maximum atomic E-state index is 12.3. The second-order valence-corrected chi connectivity index (χ2v) is 7.02. The van der Waals surface area contributed by atoms with Crippen LogP contribution >= 0.6 is 7.52 Å². The standard InChI is InChI=1S/C14H22NO3P/c1-2-13(14-9-6-10-18-14)15-19(16,17)11-12-7-4-3-5-8-12/h3-5,7-8,13-14H,2,6,9-11H2,1H3,(H2,15,16,17). The average Bonchev–Trinajstić information content (AvgIpc) is 2.90. The highest BCUT2D eigenvalue weighted by Gasteiger charge is 2.30. The van der Waals surface area contributed by atoms with Crippen molar-refractivity contribution in [2.75, 3.05) is 6.61 Å². The number of benzene rings is 1. The van der Waals surface area contributed by atoms with E-state index in [9.17, 15) is 9.46 Å². The molecule has 4 nitrogen and oxygen atoms in total. The topological polar surface area (TPSA) is 58.6 Å². The average molecular weight is 283 g/mol. The van der Waals surface area contributed by atoms with Gasteiger partial charge in [-0.2, -0.15) is 0 Å². The van der Waals surface area contributed by atoms with Gasteiger partial charge < -0.3 is 9.63 Å². The molecule has 1 heterocycles. The minimum atomic E-state index is -3.37. The van der Waals surface area contributed by atoms with Gasteiger partial charge in [0.15, 0.2) is 0 Å². The van der Waals surface area contributed by atoms with Gasteiger partial charge in [0.2, 0.25) is 0 Å². The van der Waals surface area contributed by atoms with E-state index in [4.69, 9.17) is 4.74 Å². The summed E-state index contributed by atoms with van der Waals surface area (Å²) < 4.78 is 17.9. The maximum Gasteiger partial charge on any atom is 0.271 e. The molecule has 0 amide bonds. The minimum absolute atomic E-state index is 0.0398. The second-order valence-electron chi connectivity index (χ2n) is 5.04. The quantitative estimate of drug-likeness (QED) is 0.788. The van der Waals surface area contributed by atoms with Gasteiger partial charge in [0.1, 0.15) is 0 Å². The molecular formula is C14H22NO3P. The molecule has 5 heteroatoms. The minimum Gasteiger partial charge on any atom is -0.377 e. The summed E-state index contributed by atoms with van der Waals surface area (Å²) in [6, 6.07) is 9.37. The van der Waals surface area contributed by atoms with Crippen LogP contribution in [-0.2, 0) is 15.5 Å². The van der Waals surface area contributed by atoms with Crippen LogP contribution in [0.3, 0.4) is 0 Å². The SMILES string of the molecule is CCC(NP(=O)(O)Cc1ccccc1)C1CCCO1. The molecule has 1 aliphatic heterocycles. The fourth-order valence-corrected chi connectivity index (χ4v) is 4.16. The molecule has 0 aliphatic carbocycles. The highest BCUT2D eigenvalue weighted by atomic mass is 31.2. The van der Waals surface area contributed by atoms with Crippen LogP contribution < -0.4 is 5.09 Å². The van der Waals surface area contributed by atoms with Gasteiger partial charge in [-0.25, -0.2) is 5.09 Å². The van der Waals surface area contributed by atoms with Crippen molar-refractivity contribution in [1.82, 2.24) is 5.09 Å². The van der Waals surface area contributed by atoms with Gasteiger partial charge >= 0.3 is 0 Å². The van der Waals surface area contributed by atoms with Crippen LogP contribution in [0.4, 0.5) is 0 Å². The van der Waals surface area contributed by atoms with Crippen molar-refractivity contribution in [1.29, 1.82) is 0 Å². The third kappa shape index (κ3) is 4.43. The number of ether oxygens (including phenoxy) is 1. The van der Waals surface area contributed by atoms with Crippen molar-refractivity contribution >= 4 is 7.52 Å². The molecule has 1 fully saturated rings. The Bertz CT molecular complexity index is 432. The second kappa shape index (κ2) is 6.67. The predicted molar refractivity (Wildman–Crippen MR) is 76.2 cm³/mol. The largest absolute Gasteiger partial charge is 0.377 e. The molecule has 1 aromatic rings. The molecular weight excluding hydrogens is 261 g/mol. The lowest BCUT2D eigenvalue weighted by Crippen LogP contribution is -2.37. The summed E-state index contributed by atoms with van der Waals surface area (Å²) in [5.41, 5.74) is 0.878. The summed E-state index contributed by atoms with van der Waals surface area (Å²) >= 11 is 0. The van der Waals surface area contributed by atoms with Gasteiger partial charge in [-0.3, -0.25) is 4.57 Å². The summed E-state index contributed by atoms with van der Waals surface area (Å²) in [6.45, 7) is 2.78. The van der Waals surface area contributed by atoms with Crippen molar-refractivity contribution < 1.29 is 14.2 Å². The number of hydrogen-bond acceptors (Lipinski definition) is 2. The van der Waals surface area contributed by atoms with Crippen LogP contribution in [-0.4, -0.2) is 23.6 Å². The first-order chi connectivity index (χ1) is 9.11. The lowest BCUT2D eigenvalue weighted by Gasteiger charge is -2.25. The Labute approximate surface area is 114 Å². The van der Waals surface area contributed by atoms with Gasteiger partial charge in [-0.05, 0) is 24.8 Å². The summed E-state index contributed by atoms with van der Waals surface area (Å²) in [6.07, 6.45) is 3.04. The van der Waals surface area contributed by atoms with Crippen LogP contribution in [0.25, 0.3) is 0 Å². The van der Waals surface area contributed by atoms with E-state index in [-0.39, 0.29) is 18.3 Å². The van der Waals surface area contributed by atoms with Crippen molar-refractivity contribution in [2.24, 2.45) is 0 Å². The van der Waals surface area contributed by atoms with Gasteiger partial charge in [0, 0.05) is 12.6 Å². The van der Waals surface area contributed by atoms with Gasteiger partial charge in [-0.1, -0.05) is 37.3 Å². The molecule has 106 valence electrons. The Balaban J connectivity index is 1.97. The molecule has 0 bridgehead atoms. The first-order valence-electron chi connectivity index (χ1n) is 6.86. The van der Waals surface area contributed by atoms with E-state index in [1.54, 1.807) is 0 Å². The van der Waals surface area contributed by atoms with E-state index in [1.165, 1.54) is 0 Å². The molecule has 0 spiro atoms. The van der Waals surface area contributed by atoms with E-state index in [0.717, 1.165) is 31.4 Å². The Morgan fingerprint density at radius 3 is 2.79 bits per heavy atom. The molecule has 2 rings (SSSR count). The molecule has 0 radical (unpaired) electrons. The molecule has 1 aromatic carbocycles. The van der Waals surface area contributed by atoms with Crippen LogP contribution in [0, 0.1) is 0 Å². The predicted octanol–water partition coefficient (Wildman–Crippen LogP) is 2.92. The molecule has 19 heavy (non-hydrogen) atoms. The van der Waals surface area contributed by atoms with Crippen molar-refractivity contribution in [3.05, 3.63) is 35.9 Å². The summed E-state index contributed by atoms with van der Waals surface area (Å²) in [7, 11) is -3.37. The van der Waals surface area contributed by atoms with E-state index < -0.39 is 7.52 Å². The first kappa shape index (κ1) is 14.7. The monoisotopic (exact) mass is 283 g/mol. The fourth-order valence-electron chi connectivity index (χ4n) is 2.49. The normalized spacial score (nSPS) is 24.0. The summed E-state index contributed by atoms with van der Waals surface area (Å²) in [5, 5.41) is 2.92.